The van der Waals surface area contributed by atoms with E-state index in [1.54, 1.807) is 42.5 Å². The Kier molecular flexibility index (Phi) is 4.72. The molecular weight excluding hydrogens is 369 g/mol. The van der Waals surface area contributed by atoms with E-state index in [2.05, 4.69) is 0 Å². The van der Waals surface area contributed by atoms with Gasteiger partial charge in [0.25, 0.3) is 11.7 Å². The molecule has 29 heavy (non-hydrogen) atoms. The van der Waals surface area contributed by atoms with Gasteiger partial charge in [0.15, 0.2) is 0 Å². The lowest BCUT2D eigenvalue weighted by atomic mass is 9.95. The summed E-state index contributed by atoms with van der Waals surface area (Å²) in [6.45, 7) is 1.91. The first-order valence-electron chi connectivity index (χ1n) is 9.16. The summed E-state index contributed by atoms with van der Waals surface area (Å²) in [7, 11) is 0. The molecule has 3 aromatic rings. The SMILES string of the molecule is Cc1ccc(/C(O)=C2/C(=O)C(=O)N(c3ccccc3)C2c2ccc(F)cc2)cc1. The molecule has 1 heterocycles. The van der Waals surface area contributed by atoms with Gasteiger partial charge in [-0.2, -0.15) is 0 Å². The standard InChI is InChI=1S/C24H18FNO3/c1-15-7-9-17(10-8-15)22(27)20-21(16-11-13-18(25)14-12-16)26(24(29)23(20)28)19-5-3-2-4-6-19/h2-14,21,27H,1H3/b22-20-. The number of carbonyl (C=O) groups is 2. The molecule has 0 aromatic heterocycles. The Labute approximate surface area is 167 Å². The Morgan fingerprint density at radius 1 is 0.897 bits per heavy atom. The number of Topliss-reactive ketones (excluding diaryl/α,β-unsaturated/α-hetero) is 1. The number of carbonyl (C=O) groups excluding carboxylic acids is 2. The zero-order valence-electron chi connectivity index (χ0n) is 15.7. The van der Waals surface area contributed by atoms with Crippen LogP contribution in [0.4, 0.5) is 10.1 Å². The second-order valence-corrected chi connectivity index (χ2v) is 6.92. The zero-order chi connectivity index (χ0) is 20.5. The van der Waals surface area contributed by atoms with E-state index in [-0.39, 0.29) is 11.3 Å². The first-order valence-corrected chi connectivity index (χ1v) is 9.16. The molecule has 1 saturated heterocycles. The van der Waals surface area contributed by atoms with Crippen LogP contribution in [0.15, 0.2) is 84.4 Å². The Hall–Kier alpha value is -3.73. The molecule has 144 valence electrons. The van der Waals surface area contributed by atoms with Gasteiger partial charge in [-0.3, -0.25) is 14.5 Å². The molecule has 5 heteroatoms. The lowest BCUT2D eigenvalue weighted by molar-refractivity contribution is -0.132. The van der Waals surface area contributed by atoms with Gasteiger partial charge in [0, 0.05) is 11.3 Å². The summed E-state index contributed by atoms with van der Waals surface area (Å²) in [4.78, 5) is 27.2. The number of para-hydroxylation sites is 1. The maximum Gasteiger partial charge on any atom is 0.300 e. The average Bonchev–Trinajstić information content (AvgIpc) is 3.00. The molecule has 1 amide bonds. The van der Waals surface area contributed by atoms with Crippen molar-refractivity contribution in [2.75, 3.05) is 4.90 Å². The third kappa shape index (κ3) is 3.31. The highest BCUT2D eigenvalue weighted by Gasteiger charge is 2.46. The Morgan fingerprint density at radius 2 is 1.52 bits per heavy atom. The molecule has 4 rings (SSSR count). The summed E-state index contributed by atoms with van der Waals surface area (Å²) in [6.07, 6.45) is 0. The normalized spacial score (nSPS) is 18.3. The van der Waals surface area contributed by atoms with Crippen LogP contribution in [0.3, 0.4) is 0 Å². The van der Waals surface area contributed by atoms with Crippen molar-refractivity contribution in [1.82, 2.24) is 0 Å². The van der Waals surface area contributed by atoms with Gasteiger partial charge in [-0.15, -0.1) is 0 Å². The van der Waals surface area contributed by atoms with Crippen LogP contribution in [-0.4, -0.2) is 16.8 Å². The molecule has 1 aliphatic heterocycles. The molecule has 1 atom stereocenters. The predicted octanol–water partition coefficient (Wildman–Crippen LogP) is 4.76. The number of aryl methyl sites for hydroxylation is 1. The van der Waals surface area contributed by atoms with E-state index < -0.39 is 23.5 Å². The molecule has 0 aliphatic carbocycles. The molecule has 0 bridgehead atoms. The van der Waals surface area contributed by atoms with Crippen LogP contribution < -0.4 is 4.90 Å². The van der Waals surface area contributed by atoms with Crippen LogP contribution in [0, 0.1) is 12.7 Å². The topological polar surface area (TPSA) is 57.6 Å². The number of nitrogens with zero attached hydrogens (tertiary/aromatic N) is 1. The van der Waals surface area contributed by atoms with Crippen LogP contribution in [0.25, 0.3) is 5.76 Å². The highest BCUT2D eigenvalue weighted by molar-refractivity contribution is 6.51. The van der Waals surface area contributed by atoms with Crippen LogP contribution in [-0.2, 0) is 9.59 Å². The maximum absolute atomic E-state index is 13.5. The number of rotatable bonds is 3. The second kappa shape index (κ2) is 7.36. The number of aliphatic hydroxyl groups excluding tert-OH is 1. The van der Waals surface area contributed by atoms with Crippen molar-refractivity contribution in [1.29, 1.82) is 0 Å². The largest absolute Gasteiger partial charge is 0.507 e. The van der Waals surface area contributed by atoms with Gasteiger partial charge in [0.05, 0.1) is 11.6 Å². The van der Waals surface area contributed by atoms with E-state index in [0.29, 0.717) is 16.8 Å². The molecule has 4 nitrogen and oxygen atoms in total. The first kappa shape index (κ1) is 18.6. The summed E-state index contributed by atoms with van der Waals surface area (Å²) in [5.74, 6) is -2.19. The van der Waals surface area contributed by atoms with Crippen molar-refractivity contribution in [2.45, 2.75) is 13.0 Å². The average molecular weight is 387 g/mol. The summed E-state index contributed by atoms with van der Waals surface area (Å²) in [5.41, 5.74) is 2.47. The summed E-state index contributed by atoms with van der Waals surface area (Å²) < 4.78 is 13.5. The van der Waals surface area contributed by atoms with Crippen molar-refractivity contribution < 1.29 is 19.1 Å². The van der Waals surface area contributed by atoms with Crippen molar-refractivity contribution in [2.24, 2.45) is 0 Å². The number of hydrogen-bond donors (Lipinski definition) is 1. The zero-order valence-corrected chi connectivity index (χ0v) is 15.7. The van der Waals surface area contributed by atoms with Crippen LogP contribution >= 0.6 is 0 Å². The van der Waals surface area contributed by atoms with E-state index in [0.717, 1.165) is 5.56 Å². The Balaban J connectivity index is 1.94. The fourth-order valence-electron chi connectivity index (χ4n) is 3.51. The van der Waals surface area contributed by atoms with Gasteiger partial charge in [0.2, 0.25) is 0 Å². The summed E-state index contributed by atoms with van der Waals surface area (Å²) in [5, 5.41) is 11.0. The smallest absolute Gasteiger partial charge is 0.300 e. The third-order valence-electron chi connectivity index (χ3n) is 4.99. The van der Waals surface area contributed by atoms with Gasteiger partial charge in [-0.1, -0.05) is 60.2 Å². The summed E-state index contributed by atoms with van der Waals surface area (Å²) >= 11 is 0. The minimum absolute atomic E-state index is 0.0192. The maximum atomic E-state index is 13.5. The molecule has 1 aliphatic rings. The van der Waals surface area contributed by atoms with Crippen LogP contribution in [0.2, 0.25) is 0 Å². The van der Waals surface area contributed by atoms with Crippen LogP contribution in [0.5, 0.6) is 0 Å². The Morgan fingerprint density at radius 3 is 2.14 bits per heavy atom. The minimum Gasteiger partial charge on any atom is -0.507 e. The van der Waals surface area contributed by atoms with Crippen molar-refractivity contribution in [3.63, 3.8) is 0 Å². The fraction of sp³-hybridized carbons (Fsp3) is 0.0833. The minimum atomic E-state index is -0.862. The number of amides is 1. The molecule has 1 N–H and O–H groups in total. The van der Waals surface area contributed by atoms with Crippen molar-refractivity contribution in [3.8, 4) is 0 Å². The fourth-order valence-corrected chi connectivity index (χ4v) is 3.51. The van der Waals surface area contributed by atoms with E-state index in [1.165, 1.54) is 29.2 Å². The molecule has 1 fully saturated rings. The highest BCUT2D eigenvalue weighted by atomic mass is 19.1. The number of anilines is 1. The van der Waals surface area contributed by atoms with Crippen LogP contribution in [0.1, 0.15) is 22.7 Å². The lowest BCUT2D eigenvalue weighted by Crippen LogP contribution is -2.29. The second-order valence-electron chi connectivity index (χ2n) is 6.92. The van der Waals surface area contributed by atoms with E-state index >= 15 is 0 Å². The van der Waals surface area contributed by atoms with E-state index in [4.69, 9.17) is 0 Å². The summed E-state index contributed by atoms with van der Waals surface area (Å²) in [6, 6.07) is 20.5. The molecule has 0 spiro atoms. The van der Waals surface area contributed by atoms with Crippen molar-refractivity contribution in [3.05, 3.63) is 107 Å². The third-order valence-corrected chi connectivity index (χ3v) is 4.99. The number of hydrogen-bond acceptors (Lipinski definition) is 3. The van der Waals surface area contributed by atoms with Gasteiger partial charge in [-0.25, -0.2) is 4.39 Å². The number of aliphatic hydroxyl groups is 1. The van der Waals surface area contributed by atoms with Gasteiger partial charge in [0.1, 0.15) is 11.6 Å². The first-order chi connectivity index (χ1) is 14.0. The van der Waals surface area contributed by atoms with Gasteiger partial charge >= 0.3 is 0 Å². The van der Waals surface area contributed by atoms with Gasteiger partial charge in [-0.05, 0) is 36.8 Å². The van der Waals surface area contributed by atoms with Crippen molar-refractivity contribution >= 4 is 23.1 Å². The Bertz CT molecular complexity index is 1100. The highest BCUT2D eigenvalue weighted by Crippen LogP contribution is 2.42. The monoisotopic (exact) mass is 387 g/mol. The van der Waals surface area contributed by atoms with E-state index in [1.807, 2.05) is 19.1 Å². The molecule has 0 saturated carbocycles. The number of ketones is 1. The quantitative estimate of drug-likeness (QED) is 0.400. The molecule has 1 unspecified atom stereocenters. The number of halogens is 1. The predicted molar refractivity (Wildman–Crippen MR) is 109 cm³/mol. The van der Waals surface area contributed by atoms with Gasteiger partial charge < -0.3 is 5.11 Å². The molecule has 3 aromatic carbocycles. The molecular formula is C24H18FNO3. The van der Waals surface area contributed by atoms with E-state index in [9.17, 15) is 19.1 Å². The number of benzene rings is 3. The molecule has 0 radical (unpaired) electrons. The lowest BCUT2D eigenvalue weighted by Gasteiger charge is -2.25.